The van der Waals surface area contributed by atoms with Gasteiger partial charge in [-0.15, -0.1) is 0 Å². The topological polar surface area (TPSA) is 87.4 Å². The van der Waals surface area contributed by atoms with E-state index < -0.39 is 55.5 Å². The fourth-order valence-electron chi connectivity index (χ4n) is 4.54. The Kier molecular flexibility index (Phi) is 4.80. The normalized spacial score (nSPS) is 28.6. The van der Waals surface area contributed by atoms with Gasteiger partial charge in [0.15, 0.2) is 21.4 Å². The summed E-state index contributed by atoms with van der Waals surface area (Å²) in [6.07, 6.45) is -1.34. The summed E-state index contributed by atoms with van der Waals surface area (Å²) in [5.41, 5.74) is -0.421. The summed E-state index contributed by atoms with van der Waals surface area (Å²) in [4.78, 5) is -0.128. The van der Waals surface area contributed by atoms with Crippen LogP contribution in [0, 0.1) is 34.8 Å². The molecule has 0 saturated heterocycles. The van der Waals surface area contributed by atoms with Gasteiger partial charge in [0.25, 0.3) is 0 Å². The Morgan fingerprint density at radius 1 is 1.17 bits per heavy atom. The highest BCUT2D eigenvalue weighted by atomic mass is 35.5. The molecule has 0 bridgehead atoms. The van der Waals surface area contributed by atoms with Crippen LogP contribution in [0.4, 0.5) is 8.78 Å². The Morgan fingerprint density at radius 2 is 1.83 bits per heavy atom. The van der Waals surface area contributed by atoms with Crippen LogP contribution in [0.25, 0.3) is 0 Å². The third-order valence-electron chi connectivity index (χ3n) is 5.90. The number of rotatable bonds is 2. The Bertz CT molecular complexity index is 1120. The first-order chi connectivity index (χ1) is 13.7. The first-order valence-corrected chi connectivity index (χ1v) is 10.8. The van der Waals surface area contributed by atoms with Crippen molar-refractivity contribution in [2.45, 2.75) is 28.6 Å². The summed E-state index contributed by atoms with van der Waals surface area (Å²) in [7, 11) is -4.33. The number of aliphatic hydroxyl groups excluding tert-OH is 1. The molecule has 4 rings (SSSR count). The van der Waals surface area contributed by atoms with Crippen LogP contribution in [0.3, 0.4) is 0 Å². The van der Waals surface area contributed by atoms with Crippen LogP contribution in [0.5, 0.6) is 5.75 Å². The van der Waals surface area contributed by atoms with Crippen molar-refractivity contribution in [1.82, 2.24) is 0 Å². The highest BCUT2D eigenvalue weighted by Gasteiger charge is 2.62. The van der Waals surface area contributed by atoms with Crippen LogP contribution >= 0.6 is 11.6 Å². The van der Waals surface area contributed by atoms with Crippen molar-refractivity contribution in [3.8, 4) is 11.8 Å². The molecule has 1 fully saturated rings. The number of halogens is 3. The average Bonchev–Trinajstić information content (AvgIpc) is 2.70. The molecule has 0 amide bonds. The molecule has 2 aliphatic rings. The lowest BCUT2D eigenvalue weighted by Crippen LogP contribution is -2.57. The van der Waals surface area contributed by atoms with Gasteiger partial charge in [0.1, 0.15) is 10.6 Å². The van der Waals surface area contributed by atoms with Gasteiger partial charge >= 0.3 is 0 Å². The van der Waals surface area contributed by atoms with Crippen molar-refractivity contribution >= 4 is 21.4 Å². The minimum Gasteiger partial charge on any atom is -0.490 e. The molecule has 1 heterocycles. The third kappa shape index (κ3) is 2.75. The van der Waals surface area contributed by atoms with Gasteiger partial charge < -0.3 is 9.84 Å². The van der Waals surface area contributed by atoms with Crippen LogP contribution in [-0.2, 0) is 14.6 Å². The van der Waals surface area contributed by atoms with E-state index in [4.69, 9.17) is 16.3 Å². The molecule has 1 saturated carbocycles. The number of ether oxygens (including phenoxy) is 1. The molecule has 0 aromatic heterocycles. The second kappa shape index (κ2) is 6.94. The van der Waals surface area contributed by atoms with Gasteiger partial charge in [-0.2, -0.15) is 5.26 Å². The second-order valence-electron chi connectivity index (χ2n) is 7.26. The minimum absolute atomic E-state index is 0.0586. The van der Waals surface area contributed by atoms with E-state index in [1.807, 2.05) is 6.07 Å². The number of benzene rings is 2. The number of sulfone groups is 1. The summed E-state index contributed by atoms with van der Waals surface area (Å²) in [6, 6.07) is 9.04. The van der Waals surface area contributed by atoms with Crippen LogP contribution in [-0.4, -0.2) is 26.2 Å². The summed E-state index contributed by atoms with van der Waals surface area (Å²) in [5, 5.41) is 20.2. The molecule has 0 radical (unpaired) electrons. The SMILES string of the molecule is N#C[C@@H]1[C@@H](O)CC[C@@]2(S(=O)(=O)c3ccc(Cl)cc3)c3c(F)ccc(F)c3OC[C@@H]12. The molecule has 2 aromatic carbocycles. The lowest BCUT2D eigenvalue weighted by molar-refractivity contribution is 0.00443. The van der Waals surface area contributed by atoms with Crippen molar-refractivity contribution in [1.29, 1.82) is 5.26 Å². The molecule has 29 heavy (non-hydrogen) atoms. The van der Waals surface area contributed by atoms with E-state index in [-0.39, 0.29) is 24.3 Å². The Labute approximate surface area is 171 Å². The van der Waals surface area contributed by atoms with Crippen molar-refractivity contribution in [2.24, 2.45) is 11.8 Å². The fourth-order valence-corrected chi connectivity index (χ4v) is 7.04. The smallest absolute Gasteiger partial charge is 0.188 e. The van der Waals surface area contributed by atoms with Gasteiger partial charge in [-0.1, -0.05) is 11.6 Å². The number of hydrogen-bond donors (Lipinski definition) is 1. The first kappa shape index (κ1) is 20.1. The van der Waals surface area contributed by atoms with Crippen LogP contribution < -0.4 is 4.74 Å². The van der Waals surface area contributed by atoms with Crippen molar-refractivity contribution < 1.29 is 27.0 Å². The third-order valence-corrected chi connectivity index (χ3v) is 8.72. The maximum atomic E-state index is 15.0. The molecule has 0 spiro atoms. The lowest BCUT2D eigenvalue weighted by atomic mass is 9.66. The number of fused-ring (bicyclic) bond motifs is 3. The van der Waals surface area contributed by atoms with E-state index in [9.17, 15) is 23.2 Å². The molecule has 1 aliphatic heterocycles. The molecule has 152 valence electrons. The predicted octanol–water partition coefficient (Wildman–Crippen LogP) is 3.59. The Balaban J connectivity index is 2.06. The van der Waals surface area contributed by atoms with Crippen LogP contribution in [0.1, 0.15) is 18.4 Å². The number of aliphatic hydroxyl groups is 1. The van der Waals surface area contributed by atoms with E-state index >= 15 is 4.39 Å². The molecule has 2 aromatic rings. The quantitative estimate of drug-likeness (QED) is 0.772. The number of nitriles is 1. The minimum atomic E-state index is -4.33. The van der Waals surface area contributed by atoms with Crippen LogP contribution in [0.2, 0.25) is 5.02 Å². The summed E-state index contributed by atoms with van der Waals surface area (Å²) >= 11 is 5.87. The van der Waals surface area contributed by atoms with E-state index in [1.165, 1.54) is 24.3 Å². The summed E-state index contributed by atoms with van der Waals surface area (Å²) < 4.78 is 60.7. The molecule has 9 heteroatoms. The number of hydrogen-bond acceptors (Lipinski definition) is 5. The van der Waals surface area contributed by atoms with E-state index in [0.29, 0.717) is 5.02 Å². The zero-order chi connectivity index (χ0) is 21.0. The van der Waals surface area contributed by atoms with Crippen LogP contribution in [0.15, 0.2) is 41.3 Å². The van der Waals surface area contributed by atoms with Crippen molar-refractivity contribution in [2.75, 3.05) is 6.61 Å². The maximum absolute atomic E-state index is 15.0. The fraction of sp³-hybridized carbons (Fsp3) is 0.350. The van der Waals surface area contributed by atoms with E-state index in [0.717, 1.165) is 12.1 Å². The molecular weight excluding hydrogens is 424 g/mol. The monoisotopic (exact) mass is 439 g/mol. The number of nitrogens with zero attached hydrogens (tertiary/aromatic N) is 1. The zero-order valence-corrected chi connectivity index (χ0v) is 16.6. The van der Waals surface area contributed by atoms with E-state index in [2.05, 4.69) is 0 Å². The molecule has 1 N–H and O–H groups in total. The molecule has 4 atom stereocenters. The second-order valence-corrected chi connectivity index (χ2v) is 9.90. The van der Waals surface area contributed by atoms with Gasteiger partial charge in [0, 0.05) is 10.9 Å². The highest BCUT2D eigenvalue weighted by molar-refractivity contribution is 7.92. The zero-order valence-electron chi connectivity index (χ0n) is 15.0. The van der Waals surface area contributed by atoms with Gasteiger partial charge in [-0.3, -0.25) is 0 Å². The standard InChI is InChI=1S/C20H16ClF2NO4S/c21-11-1-3-12(4-2-11)29(26,27)20-8-7-17(25)13(9-24)14(20)10-28-19-16(23)6-5-15(22)18(19)20/h1-6,13-14,17,25H,7-8,10H2/t13-,14-,17-,20-/m0/s1. The predicted molar refractivity (Wildman–Crippen MR) is 100 cm³/mol. The highest BCUT2D eigenvalue weighted by Crippen LogP contribution is 2.57. The molecular formula is C20H16ClF2NO4S. The molecule has 5 nitrogen and oxygen atoms in total. The summed E-state index contributed by atoms with van der Waals surface area (Å²) in [5.74, 6) is -4.49. The average molecular weight is 440 g/mol. The van der Waals surface area contributed by atoms with E-state index in [1.54, 1.807) is 0 Å². The Hall–Kier alpha value is -2.21. The summed E-state index contributed by atoms with van der Waals surface area (Å²) in [6.45, 7) is -0.338. The van der Waals surface area contributed by atoms with Gasteiger partial charge in [-0.25, -0.2) is 17.2 Å². The largest absolute Gasteiger partial charge is 0.490 e. The molecule has 1 aliphatic carbocycles. The van der Waals surface area contributed by atoms with Gasteiger partial charge in [0.2, 0.25) is 0 Å². The van der Waals surface area contributed by atoms with Crippen molar-refractivity contribution in [3.63, 3.8) is 0 Å². The maximum Gasteiger partial charge on any atom is 0.188 e. The van der Waals surface area contributed by atoms with Gasteiger partial charge in [-0.05, 0) is 49.2 Å². The Morgan fingerprint density at radius 3 is 2.48 bits per heavy atom. The van der Waals surface area contributed by atoms with Crippen molar-refractivity contribution in [3.05, 3.63) is 58.6 Å². The lowest BCUT2D eigenvalue weighted by Gasteiger charge is -2.50. The molecule has 0 unspecified atom stereocenters. The first-order valence-electron chi connectivity index (χ1n) is 8.93. The van der Waals surface area contributed by atoms with Gasteiger partial charge in [0.05, 0.1) is 35.2 Å².